The lowest BCUT2D eigenvalue weighted by atomic mass is 10.1. The zero-order valence-corrected chi connectivity index (χ0v) is 12.4. The van der Waals surface area contributed by atoms with Gasteiger partial charge in [0.2, 0.25) is 0 Å². The summed E-state index contributed by atoms with van der Waals surface area (Å²) in [5.74, 6) is -0.518. The molecule has 7 nitrogen and oxygen atoms in total. The van der Waals surface area contributed by atoms with Crippen LogP contribution >= 0.6 is 0 Å². The molecule has 0 saturated carbocycles. The minimum Gasteiger partial charge on any atom is -0.469 e. The van der Waals surface area contributed by atoms with Crippen molar-refractivity contribution in [1.29, 1.82) is 0 Å². The first-order valence-corrected chi connectivity index (χ1v) is 6.57. The first-order valence-electron chi connectivity index (χ1n) is 6.57. The minimum absolute atomic E-state index is 0.163. The van der Waals surface area contributed by atoms with Gasteiger partial charge in [0.25, 0.3) is 0 Å². The Balaban J connectivity index is 2.53. The third-order valence-electron chi connectivity index (χ3n) is 2.78. The molecule has 0 spiro atoms. The smallest absolute Gasteiger partial charge is 0.410 e. The maximum atomic E-state index is 11.9. The summed E-state index contributed by atoms with van der Waals surface area (Å²) in [5.41, 5.74) is -0.574. The number of aliphatic hydroxyl groups excluding tert-OH is 1. The van der Waals surface area contributed by atoms with E-state index >= 15 is 0 Å². The monoisotopic (exact) mass is 289 g/mol. The molecule has 2 unspecified atom stereocenters. The van der Waals surface area contributed by atoms with Crippen LogP contribution in [-0.4, -0.2) is 66.7 Å². The molecule has 0 aromatic carbocycles. The number of rotatable bonds is 3. The van der Waals surface area contributed by atoms with Gasteiger partial charge in [-0.2, -0.15) is 0 Å². The molecular formula is C13H23NO6. The van der Waals surface area contributed by atoms with Gasteiger partial charge in [0.1, 0.15) is 11.7 Å². The van der Waals surface area contributed by atoms with Crippen LogP contribution in [0.5, 0.6) is 0 Å². The Bertz CT molecular complexity index is 351. The summed E-state index contributed by atoms with van der Waals surface area (Å²) in [5, 5.41) is 9.90. The average Bonchev–Trinajstić information content (AvgIpc) is 2.36. The third kappa shape index (κ3) is 5.34. The molecule has 1 saturated heterocycles. The van der Waals surface area contributed by atoms with Crippen LogP contribution < -0.4 is 0 Å². The highest BCUT2D eigenvalue weighted by atomic mass is 16.6. The summed E-state index contributed by atoms with van der Waals surface area (Å²) in [7, 11) is 1.25. The standard InChI is InChI=1S/C13H23NO6/c1-13(2,3)20-12(17)14-5-6-19-10(8-14)9(15)7-11(16)18-4/h9-10,15H,5-8H2,1-4H3. The van der Waals surface area contributed by atoms with E-state index in [2.05, 4.69) is 4.74 Å². The fourth-order valence-corrected chi connectivity index (χ4v) is 1.79. The van der Waals surface area contributed by atoms with E-state index < -0.39 is 29.9 Å². The second kappa shape index (κ2) is 6.90. The highest BCUT2D eigenvalue weighted by Gasteiger charge is 2.32. The van der Waals surface area contributed by atoms with E-state index in [1.165, 1.54) is 12.0 Å². The summed E-state index contributed by atoms with van der Waals surface area (Å²) in [6.07, 6.45) is -2.23. The maximum Gasteiger partial charge on any atom is 0.410 e. The van der Waals surface area contributed by atoms with E-state index in [-0.39, 0.29) is 13.0 Å². The van der Waals surface area contributed by atoms with Crippen molar-refractivity contribution in [2.45, 2.75) is 45.0 Å². The van der Waals surface area contributed by atoms with Gasteiger partial charge in [0.15, 0.2) is 0 Å². The van der Waals surface area contributed by atoms with Crippen LogP contribution in [0.2, 0.25) is 0 Å². The molecule has 1 aliphatic heterocycles. The van der Waals surface area contributed by atoms with Crippen LogP contribution in [0.25, 0.3) is 0 Å². The van der Waals surface area contributed by atoms with Gasteiger partial charge in [-0.15, -0.1) is 0 Å². The van der Waals surface area contributed by atoms with Gasteiger partial charge in [0.05, 0.1) is 32.8 Å². The summed E-state index contributed by atoms with van der Waals surface area (Å²) >= 11 is 0. The van der Waals surface area contributed by atoms with Crippen LogP contribution in [0, 0.1) is 0 Å². The molecule has 0 bridgehead atoms. The predicted octanol–water partition coefficient (Wildman–Crippen LogP) is 0.546. The van der Waals surface area contributed by atoms with Crippen molar-refractivity contribution in [2.24, 2.45) is 0 Å². The zero-order chi connectivity index (χ0) is 15.3. The molecule has 0 aromatic heterocycles. The quantitative estimate of drug-likeness (QED) is 0.764. The number of amides is 1. The Kier molecular flexibility index (Phi) is 5.76. The fourth-order valence-electron chi connectivity index (χ4n) is 1.79. The number of methoxy groups -OCH3 is 1. The van der Waals surface area contributed by atoms with Crippen molar-refractivity contribution < 1.29 is 28.9 Å². The first-order chi connectivity index (χ1) is 9.23. The van der Waals surface area contributed by atoms with Gasteiger partial charge in [-0.25, -0.2) is 4.79 Å². The number of hydrogen-bond acceptors (Lipinski definition) is 6. The summed E-state index contributed by atoms with van der Waals surface area (Å²) < 4.78 is 15.1. The van der Waals surface area contributed by atoms with E-state index in [9.17, 15) is 14.7 Å². The van der Waals surface area contributed by atoms with Crippen LogP contribution in [0.3, 0.4) is 0 Å². The van der Waals surface area contributed by atoms with Crippen molar-refractivity contribution in [3.8, 4) is 0 Å². The van der Waals surface area contributed by atoms with Crippen LogP contribution in [0.4, 0.5) is 4.79 Å². The predicted molar refractivity (Wildman–Crippen MR) is 70.2 cm³/mol. The lowest BCUT2D eigenvalue weighted by Gasteiger charge is -2.35. The van der Waals surface area contributed by atoms with E-state index in [1.54, 1.807) is 20.8 Å². The molecule has 20 heavy (non-hydrogen) atoms. The normalized spacial score (nSPS) is 21.2. The topological polar surface area (TPSA) is 85.3 Å². The Morgan fingerprint density at radius 3 is 2.65 bits per heavy atom. The summed E-state index contributed by atoms with van der Waals surface area (Å²) in [4.78, 5) is 24.5. The molecule has 1 N–H and O–H groups in total. The SMILES string of the molecule is COC(=O)CC(O)C1CN(C(=O)OC(C)(C)C)CCO1. The van der Waals surface area contributed by atoms with E-state index in [0.717, 1.165) is 0 Å². The van der Waals surface area contributed by atoms with Gasteiger partial charge in [-0.3, -0.25) is 4.79 Å². The number of carbonyl (C=O) groups excluding carboxylic acids is 2. The summed E-state index contributed by atoms with van der Waals surface area (Å²) in [6, 6.07) is 0. The van der Waals surface area contributed by atoms with Gasteiger partial charge >= 0.3 is 12.1 Å². The lowest BCUT2D eigenvalue weighted by Crippen LogP contribution is -2.51. The maximum absolute atomic E-state index is 11.9. The Hall–Kier alpha value is -1.34. The number of ether oxygens (including phenoxy) is 3. The number of esters is 1. The number of aliphatic hydroxyl groups is 1. The van der Waals surface area contributed by atoms with E-state index in [0.29, 0.717) is 13.2 Å². The first kappa shape index (κ1) is 16.7. The number of nitrogens with zero attached hydrogens (tertiary/aromatic N) is 1. The number of carbonyl (C=O) groups is 2. The van der Waals surface area contributed by atoms with Crippen molar-refractivity contribution in [2.75, 3.05) is 26.8 Å². The van der Waals surface area contributed by atoms with Crippen molar-refractivity contribution in [3.05, 3.63) is 0 Å². The minimum atomic E-state index is -1.01. The molecular weight excluding hydrogens is 266 g/mol. The van der Waals surface area contributed by atoms with E-state index in [4.69, 9.17) is 9.47 Å². The molecule has 0 aromatic rings. The Morgan fingerprint density at radius 2 is 2.10 bits per heavy atom. The molecule has 0 radical (unpaired) electrons. The molecule has 1 fully saturated rings. The lowest BCUT2D eigenvalue weighted by molar-refractivity contribution is -0.147. The van der Waals surface area contributed by atoms with Crippen LogP contribution in [0.1, 0.15) is 27.2 Å². The molecule has 1 amide bonds. The van der Waals surface area contributed by atoms with E-state index in [1.807, 2.05) is 0 Å². The van der Waals surface area contributed by atoms with Gasteiger partial charge in [0, 0.05) is 6.54 Å². The molecule has 1 heterocycles. The van der Waals surface area contributed by atoms with Gasteiger partial charge in [-0.1, -0.05) is 0 Å². The molecule has 1 rings (SSSR count). The molecule has 1 aliphatic rings. The fraction of sp³-hybridized carbons (Fsp3) is 0.846. The third-order valence-corrected chi connectivity index (χ3v) is 2.78. The van der Waals surface area contributed by atoms with Crippen molar-refractivity contribution >= 4 is 12.1 Å². The average molecular weight is 289 g/mol. The molecule has 2 atom stereocenters. The zero-order valence-electron chi connectivity index (χ0n) is 12.4. The Labute approximate surface area is 118 Å². The van der Waals surface area contributed by atoms with Crippen molar-refractivity contribution in [3.63, 3.8) is 0 Å². The molecule has 7 heteroatoms. The molecule has 116 valence electrons. The van der Waals surface area contributed by atoms with Crippen LogP contribution in [-0.2, 0) is 19.0 Å². The number of morpholine rings is 1. The van der Waals surface area contributed by atoms with Gasteiger partial charge < -0.3 is 24.2 Å². The molecule has 0 aliphatic carbocycles. The van der Waals surface area contributed by atoms with Gasteiger partial charge in [-0.05, 0) is 20.8 Å². The second-order valence-electron chi connectivity index (χ2n) is 5.68. The van der Waals surface area contributed by atoms with Crippen molar-refractivity contribution in [1.82, 2.24) is 4.90 Å². The van der Waals surface area contributed by atoms with Crippen LogP contribution in [0.15, 0.2) is 0 Å². The highest BCUT2D eigenvalue weighted by molar-refractivity contribution is 5.70. The second-order valence-corrected chi connectivity index (χ2v) is 5.68. The summed E-state index contributed by atoms with van der Waals surface area (Å²) in [6.45, 7) is 6.24. The number of hydrogen-bond donors (Lipinski definition) is 1. The largest absolute Gasteiger partial charge is 0.469 e. The highest BCUT2D eigenvalue weighted by Crippen LogP contribution is 2.16. The Morgan fingerprint density at radius 1 is 1.45 bits per heavy atom.